The highest BCUT2D eigenvalue weighted by Crippen LogP contribution is 2.25. The topological polar surface area (TPSA) is 93.3 Å². The van der Waals surface area contributed by atoms with Crippen LogP contribution in [-0.2, 0) is 27.2 Å². The molecule has 0 radical (unpaired) electrons. The zero-order valence-corrected chi connectivity index (χ0v) is 15.1. The Bertz CT molecular complexity index is 762. The minimum Gasteiger partial charge on any atom is -0.488 e. The fourth-order valence-electron chi connectivity index (χ4n) is 2.30. The summed E-state index contributed by atoms with van der Waals surface area (Å²) < 4.78 is 10.1. The molecule has 0 saturated carbocycles. The lowest BCUT2D eigenvalue weighted by Crippen LogP contribution is -2.43. The van der Waals surface area contributed by atoms with Crippen molar-refractivity contribution < 1.29 is 19.1 Å². The van der Waals surface area contributed by atoms with Crippen molar-refractivity contribution in [2.24, 2.45) is 0 Å². The number of ether oxygens (including phenoxy) is 2. The predicted molar refractivity (Wildman–Crippen MR) is 97.1 cm³/mol. The highest BCUT2D eigenvalue weighted by atomic mass is 35.5. The molecule has 26 heavy (non-hydrogen) atoms. The number of carbonyl (C=O) groups excluding carboxylic acids is 2. The third kappa shape index (κ3) is 5.63. The number of amides is 1. The number of carbonyl (C=O) groups is 2. The van der Waals surface area contributed by atoms with Crippen LogP contribution in [0.2, 0.25) is 5.02 Å². The Labute approximate surface area is 156 Å². The van der Waals surface area contributed by atoms with Crippen molar-refractivity contribution in [3.63, 3.8) is 0 Å². The molecular formula is C18H20ClN3O4. The number of aromatic nitrogens is 2. The SMILES string of the molecule is C=CCOc1ccc(CC(=O)N[C@@H](Cc2cnc[nH]2)C(=O)OC)cc1Cl. The van der Waals surface area contributed by atoms with Crippen LogP contribution in [0.1, 0.15) is 11.3 Å². The van der Waals surface area contributed by atoms with Gasteiger partial charge in [-0.1, -0.05) is 30.3 Å². The molecule has 0 saturated heterocycles. The van der Waals surface area contributed by atoms with Crippen LogP contribution in [0.5, 0.6) is 5.75 Å². The molecule has 1 heterocycles. The van der Waals surface area contributed by atoms with Gasteiger partial charge in [0, 0.05) is 18.3 Å². The normalized spacial score (nSPS) is 11.5. The average Bonchev–Trinajstić information content (AvgIpc) is 3.13. The van der Waals surface area contributed by atoms with Crippen LogP contribution >= 0.6 is 11.6 Å². The number of H-pyrrole nitrogens is 1. The third-order valence-electron chi connectivity index (χ3n) is 3.52. The largest absolute Gasteiger partial charge is 0.488 e. The van der Waals surface area contributed by atoms with Crippen molar-refractivity contribution in [1.82, 2.24) is 15.3 Å². The average molecular weight is 378 g/mol. The zero-order valence-electron chi connectivity index (χ0n) is 14.3. The Balaban J connectivity index is 1.99. The second kappa shape index (κ2) is 9.62. The lowest BCUT2D eigenvalue weighted by Gasteiger charge is -2.16. The van der Waals surface area contributed by atoms with E-state index < -0.39 is 12.0 Å². The molecule has 8 heteroatoms. The van der Waals surface area contributed by atoms with Gasteiger partial charge >= 0.3 is 5.97 Å². The van der Waals surface area contributed by atoms with E-state index in [9.17, 15) is 9.59 Å². The quantitative estimate of drug-likeness (QED) is 0.515. The molecule has 1 amide bonds. The van der Waals surface area contributed by atoms with Gasteiger partial charge in [-0.15, -0.1) is 0 Å². The van der Waals surface area contributed by atoms with Crippen LogP contribution in [0, 0.1) is 0 Å². The lowest BCUT2D eigenvalue weighted by molar-refractivity contribution is -0.145. The number of methoxy groups -OCH3 is 1. The monoisotopic (exact) mass is 377 g/mol. The standard InChI is InChI=1S/C18H20ClN3O4/c1-3-6-26-16-5-4-12(7-14(16)19)8-17(23)22-15(18(24)25-2)9-13-10-20-11-21-13/h3-5,7,10-11,15H,1,6,8-9H2,2H3,(H,20,21)(H,22,23)/t15-/m0/s1. The number of halogens is 1. The summed E-state index contributed by atoms with van der Waals surface area (Å²) in [6, 6.07) is 4.28. The highest BCUT2D eigenvalue weighted by molar-refractivity contribution is 6.32. The Hall–Kier alpha value is -2.80. The molecule has 0 unspecified atom stereocenters. The summed E-state index contributed by atoms with van der Waals surface area (Å²) in [5.41, 5.74) is 1.41. The Morgan fingerprint density at radius 2 is 2.27 bits per heavy atom. The molecule has 138 valence electrons. The molecule has 0 aliphatic heterocycles. The molecule has 0 bridgehead atoms. The third-order valence-corrected chi connectivity index (χ3v) is 3.81. The van der Waals surface area contributed by atoms with Crippen LogP contribution in [0.4, 0.5) is 0 Å². The first kappa shape index (κ1) is 19.5. The van der Waals surface area contributed by atoms with Crippen molar-refractivity contribution in [3.05, 3.63) is 59.7 Å². The summed E-state index contributed by atoms with van der Waals surface area (Å²) in [6.45, 7) is 3.91. The molecule has 7 nitrogen and oxygen atoms in total. The first-order valence-electron chi connectivity index (χ1n) is 7.90. The maximum atomic E-state index is 12.3. The summed E-state index contributed by atoms with van der Waals surface area (Å²) in [5, 5.41) is 3.08. The second-order valence-corrected chi connectivity index (χ2v) is 5.87. The van der Waals surface area contributed by atoms with Crippen molar-refractivity contribution >= 4 is 23.5 Å². The summed E-state index contributed by atoms with van der Waals surface area (Å²) in [5.74, 6) is -0.336. The molecule has 1 aromatic heterocycles. The first-order chi connectivity index (χ1) is 12.5. The first-order valence-corrected chi connectivity index (χ1v) is 8.27. The number of esters is 1. The number of aromatic amines is 1. The van der Waals surface area contributed by atoms with Gasteiger partial charge in [0.2, 0.25) is 5.91 Å². The van der Waals surface area contributed by atoms with E-state index in [4.69, 9.17) is 21.1 Å². The van der Waals surface area contributed by atoms with Crippen molar-refractivity contribution in [2.45, 2.75) is 18.9 Å². The molecule has 1 aromatic carbocycles. The van der Waals surface area contributed by atoms with Gasteiger partial charge in [0.15, 0.2) is 0 Å². The van der Waals surface area contributed by atoms with Gasteiger partial charge in [-0.2, -0.15) is 0 Å². The molecule has 0 aliphatic rings. The number of hydrogen-bond acceptors (Lipinski definition) is 5. The summed E-state index contributed by atoms with van der Waals surface area (Å²) in [6.07, 6.45) is 5.03. The van der Waals surface area contributed by atoms with Gasteiger partial charge in [0.05, 0.1) is 24.9 Å². The minimum atomic E-state index is -0.807. The predicted octanol–water partition coefficient (Wildman–Crippen LogP) is 2.07. The molecule has 0 spiro atoms. The summed E-state index contributed by atoms with van der Waals surface area (Å²) in [4.78, 5) is 31.0. The smallest absolute Gasteiger partial charge is 0.328 e. The molecule has 0 fully saturated rings. The van der Waals surface area contributed by atoms with E-state index in [1.807, 2.05) is 0 Å². The van der Waals surface area contributed by atoms with Crippen LogP contribution in [0.25, 0.3) is 0 Å². The van der Waals surface area contributed by atoms with Gasteiger partial charge in [-0.3, -0.25) is 4.79 Å². The number of rotatable bonds is 9. The lowest BCUT2D eigenvalue weighted by atomic mass is 10.1. The van der Waals surface area contributed by atoms with Crippen molar-refractivity contribution in [3.8, 4) is 5.75 Å². The van der Waals surface area contributed by atoms with Gasteiger partial charge in [0.25, 0.3) is 0 Å². The van der Waals surface area contributed by atoms with Gasteiger partial charge in [-0.05, 0) is 17.7 Å². The number of imidazole rings is 1. The molecule has 2 N–H and O–H groups in total. The Morgan fingerprint density at radius 3 is 2.88 bits per heavy atom. The molecule has 2 aromatic rings. The van der Waals surface area contributed by atoms with Gasteiger partial charge in [0.1, 0.15) is 18.4 Å². The van der Waals surface area contributed by atoms with Gasteiger partial charge in [-0.25, -0.2) is 9.78 Å². The summed E-state index contributed by atoms with van der Waals surface area (Å²) >= 11 is 6.15. The maximum Gasteiger partial charge on any atom is 0.328 e. The van der Waals surface area contributed by atoms with E-state index in [1.165, 1.54) is 13.4 Å². The fourth-order valence-corrected chi connectivity index (χ4v) is 2.56. The van der Waals surface area contributed by atoms with Crippen molar-refractivity contribution in [2.75, 3.05) is 13.7 Å². The van der Waals surface area contributed by atoms with Crippen molar-refractivity contribution in [1.29, 1.82) is 0 Å². The zero-order chi connectivity index (χ0) is 18.9. The molecule has 1 atom stereocenters. The van der Waals surface area contributed by atoms with E-state index in [-0.39, 0.29) is 18.7 Å². The van der Waals surface area contributed by atoms with Crippen LogP contribution < -0.4 is 10.1 Å². The van der Waals surface area contributed by atoms with Crippen LogP contribution in [-0.4, -0.2) is 41.6 Å². The Kier molecular flexibility index (Phi) is 7.23. The maximum absolute atomic E-state index is 12.3. The second-order valence-electron chi connectivity index (χ2n) is 5.47. The molecular weight excluding hydrogens is 358 g/mol. The van der Waals surface area contributed by atoms with E-state index in [0.29, 0.717) is 28.6 Å². The molecule has 2 rings (SSSR count). The minimum absolute atomic E-state index is 0.0674. The van der Waals surface area contributed by atoms with E-state index in [2.05, 4.69) is 21.9 Å². The Morgan fingerprint density at radius 1 is 1.46 bits per heavy atom. The number of benzene rings is 1. The van der Waals surface area contributed by atoms with E-state index in [1.54, 1.807) is 30.5 Å². The number of nitrogens with zero attached hydrogens (tertiary/aromatic N) is 1. The van der Waals surface area contributed by atoms with Crippen LogP contribution in [0.3, 0.4) is 0 Å². The van der Waals surface area contributed by atoms with E-state index >= 15 is 0 Å². The number of hydrogen-bond donors (Lipinski definition) is 2. The number of nitrogens with one attached hydrogen (secondary N) is 2. The highest BCUT2D eigenvalue weighted by Gasteiger charge is 2.22. The fraction of sp³-hybridized carbons (Fsp3) is 0.278. The van der Waals surface area contributed by atoms with Crippen LogP contribution in [0.15, 0.2) is 43.4 Å². The van der Waals surface area contributed by atoms with Gasteiger partial charge < -0.3 is 19.8 Å². The van der Waals surface area contributed by atoms with E-state index in [0.717, 1.165) is 0 Å². The summed E-state index contributed by atoms with van der Waals surface area (Å²) in [7, 11) is 1.27. The molecule has 0 aliphatic carbocycles.